The fourth-order valence-corrected chi connectivity index (χ4v) is 3.25. The van der Waals surface area contributed by atoms with Crippen LogP contribution in [-0.4, -0.2) is 31.6 Å². The lowest BCUT2D eigenvalue weighted by Crippen LogP contribution is -2.27. The molecule has 22 heavy (non-hydrogen) atoms. The average Bonchev–Trinajstić information content (AvgIpc) is 3.20. The maximum Gasteiger partial charge on any atom is 0.271 e. The molecule has 1 fully saturated rings. The predicted octanol–water partition coefficient (Wildman–Crippen LogP) is 2.01. The van der Waals surface area contributed by atoms with Crippen molar-refractivity contribution in [3.8, 4) is 0 Å². The number of aromatic nitrogens is 4. The number of aryl methyl sites for hydroxylation is 2. The number of carbonyl (C=O) groups excluding carboxylic acids is 1. The molecule has 0 unspecified atom stereocenters. The minimum Gasteiger partial charge on any atom is -0.350 e. The number of hydrogen-bond donors (Lipinski definition) is 1. The summed E-state index contributed by atoms with van der Waals surface area (Å²) in [7, 11) is 1.85. The number of carbonyl (C=O) groups is 1. The molecule has 2 aromatic heterocycles. The van der Waals surface area contributed by atoms with E-state index in [1.54, 1.807) is 17.1 Å². The lowest BCUT2D eigenvalue weighted by atomic mass is 10.2. The Kier molecular flexibility index (Phi) is 4.27. The Morgan fingerprint density at radius 2 is 2.14 bits per heavy atom. The largest absolute Gasteiger partial charge is 0.350 e. The lowest BCUT2D eigenvalue weighted by molar-refractivity contribution is 0.0949. The van der Waals surface area contributed by atoms with Gasteiger partial charge in [0, 0.05) is 44.1 Å². The van der Waals surface area contributed by atoms with Gasteiger partial charge in [-0.15, -0.1) is 0 Å². The lowest BCUT2D eigenvalue weighted by Gasteiger charge is -2.17. The van der Waals surface area contributed by atoms with Gasteiger partial charge in [0.15, 0.2) is 0 Å². The average molecular weight is 301 g/mol. The Morgan fingerprint density at radius 1 is 1.36 bits per heavy atom. The molecule has 2 heterocycles. The molecule has 0 bridgehead atoms. The molecule has 6 nitrogen and oxygen atoms in total. The Bertz CT molecular complexity index is 651. The van der Waals surface area contributed by atoms with Crippen molar-refractivity contribution in [3.63, 3.8) is 0 Å². The van der Waals surface area contributed by atoms with Gasteiger partial charge in [0.05, 0.1) is 6.33 Å². The minimum atomic E-state index is -0.128. The third kappa shape index (κ3) is 3.05. The Morgan fingerprint density at radius 3 is 2.82 bits per heavy atom. The summed E-state index contributed by atoms with van der Waals surface area (Å²) in [5.74, 6) is 0.946. The summed E-state index contributed by atoms with van der Waals surface area (Å²) >= 11 is 0. The number of nitrogens with one attached hydrogen (secondary N) is 1. The molecule has 6 heteroatoms. The Labute approximate surface area is 130 Å². The first-order valence-electron chi connectivity index (χ1n) is 7.94. The summed E-state index contributed by atoms with van der Waals surface area (Å²) < 4.78 is 4.13. The van der Waals surface area contributed by atoms with Gasteiger partial charge >= 0.3 is 0 Å². The molecule has 1 amide bonds. The maximum atomic E-state index is 12.0. The van der Waals surface area contributed by atoms with E-state index in [0.717, 1.165) is 12.2 Å². The zero-order valence-corrected chi connectivity index (χ0v) is 13.2. The monoisotopic (exact) mass is 301 g/mol. The molecule has 2 aromatic rings. The normalized spacial score (nSPS) is 15.4. The zero-order valence-electron chi connectivity index (χ0n) is 13.2. The van der Waals surface area contributed by atoms with Crippen molar-refractivity contribution < 1.29 is 4.79 Å². The van der Waals surface area contributed by atoms with E-state index in [9.17, 15) is 4.79 Å². The van der Waals surface area contributed by atoms with Gasteiger partial charge < -0.3 is 14.5 Å². The standard InChI is InChI=1S/C16H23N5O/c1-12-9-18-15(21(12)13-5-3-4-6-13)7-8-17-16(22)14-10-20(2)11-19-14/h9-11,13H,3-8H2,1-2H3,(H,17,22). The van der Waals surface area contributed by atoms with Gasteiger partial charge in [-0.3, -0.25) is 4.79 Å². The number of hydrogen-bond acceptors (Lipinski definition) is 3. The third-order valence-corrected chi connectivity index (χ3v) is 4.32. The van der Waals surface area contributed by atoms with E-state index in [-0.39, 0.29) is 5.91 Å². The Balaban J connectivity index is 1.59. The van der Waals surface area contributed by atoms with Crippen molar-refractivity contribution in [1.82, 2.24) is 24.4 Å². The highest BCUT2D eigenvalue weighted by molar-refractivity contribution is 5.91. The maximum absolute atomic E-state index is 12.0. The molecular formula is C16H23N5O. The second-order valence-corrected chi connectivity index (χ2v) is 6.05. The van der Waals surface area contributed by atoms with Crippen LogP contribution in [0, 0.1) is 6.92 Å². The van der Waals surface area contributed by atoms with Gasteiger partial charge in [-0.1, -0.05) is 12.8 Å². The van der Waals surface area contributed by atoms with Crippen LogP contribution in [0.5, 0.6) is 0 Å². The fraction of sp³-hybridized carbons (Fsp3) is 0.562. The van der Waals surface area contributed by atoms with E-state index in [4.69, 9.17) is 0 Å². The van der Waals surface area contributed by atoms with Gasteiger partial charge in [0.1, 0.15) is 11.5 Å². The van der Waals surface area contributed by atoms with E-state index < -0.39 is 0 Å². The van der Waals surface area contributed by atoms with Crippen LogP contribution in [0.3, 0.4) is 0 Å². The quantitative estimate of drug-likeness (QED) is 0.919. The molecular weight excluding hydrogens is 278 g/mol. The summed E-state index contributed by atoms with van der Waals surface area (Å²) in [6, 6.07) is 0.587. The van der Waals surface area contributed by atoms with Crippen molar-refractivity contribution in [3.05, 3.63) is 35.9 Å². The van der Waals surface area contributed by atoms with Crippen molar-refractivity contribution in [2.24, 2.45) is 7.05 Å². The molecule has 1 aliphatic rings. The second kappa shape index (κ2) is 6.34. The smallest absolute Gasteiger partial charge is 0.271 e. The Hall–Kier alpha value is -2.11. The highest BCUT2D eigenvalue weighted by atomic mass is 16.1. The number of imidazole rings is 2. The second-order valence-electron chi connectivity index (χ2n) is 6.05. The van der Waals surface area contributed by atoms with E-state index >= 15 is 0 Å². The van der Waals surface area contributed by atoms with Crippen LogP contribution in [-0.2, 0) is 13.5 Å². The summed E-state index contributed by atoms with van der Waals surface area (Å²) in [4.78, 5) is 20.6. The summed E-state index contributed by atoms with van der Waals surface area (Å²) in [5.41, 5.74) is 1.68. The molecule has 0 radical (unpaired) electrons. The van der Waals surface area contributed by atoms with Crippen LogP contribution in [0.2, 0.25) is 0 Å². The van der Waals surface area contributed by atoms with Crippen LogP contribution in [0.1, 0.15) is 53.7 Å². The number of amides is 1. The molecule has 0 atom stereocenters. The van der Waals surface area contributed by atoms with Crippen molar-refractivity contribution in [1.29, 1.82) is 0 Å². The fourth-order valence-electron chi connectivity index (χ4n) is 3.25. The van der Waals surface area contributed by atoms with Gasteiger partial charge in [-0.2, -0.15) is 0 Å². The van der Waals surface area contributed by atoms with E-state index in [1.807, 2.05) is 13.2 Å². The topological polar surface area (TPSA) is 64.7 Å². The SMILES string of the molecule is Cc1cnc(CCNC(=O)c2cn(C)cn2)n1C1CCCC1. The molecule has 1 aliphatic carbocycles. The predicted molar refractivity (Wildman–Crippen MR) is 83.7 cm³/mol. The highest BCUT2D eigenvalue weighted by Crippen LogP contribution is 2.31. The molecule has 0 aromatic carbocycles. The number of nitrogens with zero attached hydrogens (tertiary/aromatic N) is 4. The molecule has 1 saturated carbocycles. The molecule has 1 N–H and O–H groups in total. The van der Waals surface area contributed by atoms with E-state index in [2.05, 4.69) is 26.8 Å². The van der Waals surface area contributed by atoms with Crippen molar-refractivity contribution in [2.75, 3.05) is 6.54 Å². The summed E-state index contributed by atoms with van der Waals surface area (Å²) in [5, 5.41) is 2.92. The van der Waals surface area contributed by atoms with Crippen molar-refractivity contribution >= 4 is 5.91 Å². The van der Waals surface area contributed by atoms with Crippen LogP contribution in [0.4, 0.5) is 0 Å². The van der Waals surface area contributed by atoms with Crippen LogP contribution in [0.25, 0.3) is 0 Å². The van der Waals surface area contributed by atoms with Crippen LogP contribution >= 0.6 is 0 Å². The van der Waals surface area contributed by atoms with Crippen LogP contribution in [0.15, 0.2) is 18.7 Å². The van der Waals surface area contributed by atoms with Gasteiger partial charge in [0.2, 0.25) is 0 Å². The third-order valence-electron chi connectivity index (χ3n) is 4.32. The zero-order chi connectivity index (χ0) is 15.5. The molecule has 3 rings (SSSR count). The van der Waals surface area contributed by atoms with Gasteiger partial charge in [-0.05, 0) is 19.8 Å². The molecule has 0 saturated heterocycles. The van der Waals surface area contributed by atoms with Gasteiger partial charge in [-0.25, -0.2) is 9.97 Å². The van der Waals surface area contributed by atoms with Gasteiger partial charge in [0.25, 0.3) is 5.91 Å². The first-order chi connectivity index (χ1) is 10.6. The molecule has 0 aliphatic heterocycles. The summed E-state index contributed by atoms with van der Waals surface area (Å²) in [6.45, 7) is 2.69. The summed E-state index contributed by atoms with van der Waals surface area (Å²) in [6.07, 6.45) is 11.1. The van der Waals surface area contributed by atoms with E-state index in [0.29, 0.717) is 18.3 Å². The highest BCUT2D eigenvalue weighted by Gasteiger charge is 2.21. The van der Waals surface area contributed by atoms with Crippen LogP contribution < -0.4 is 5.32 Å². The first-order valence-corrected chi connectivity index (χ1v) is 7.94. The van der Waals surface area contributed by atoms with Crippen molar-refractivity contribution in [2.45, 2.75) is 45.1 Å². The van der Waals surface area contributed by atoms with E-state index in [1.165, 1.54) is 31.4 Å². The molecule has 0 spiro atoms. The molecule has 118 valence electrons. The first kappa shape index (κ1) is 14.8. The number of rotatable bonds is 5. The minimum absolute atomic E-state index is 0.128.